The average Bonchev–Trinajstić information content (AvgIpc) is 2.52. The number of halogens is 1. The van der Waals surface area contributed by atoms with E-state index in [0.29, 0.717) is 42.2 Å². The molecule has 0 amide bonds. The Bertz CT molecular complexity index is 638. The molecule has 4 nitrogen and oxygen atoms in total. The number of unbranched alkanes of at least 4 members (excludes halogenated alkanes) is 2. The fourth-order valence-corrected chi connectivity index (χ4v) is 5.30. The summed E-state index contributed by atoms with van der Waals surface area (Å²) in [6, 6.07) is 5.07. The predicted octanol–water partition coefficient (Wildman–Crippen LogP) is 4.68. The molecule has 1 aliphatic rings. The minimum absolute atomic E-state index is 0.317. The summed E-state index contributed by atoms with van der Waals surface area (Å²) in [6.45, 7) is 8.16. The van der Waals surface area contributed by atoms with Gasteiger partial charge in [0.25, 0.3) is 0 Å². The number of ether oxygens (including phenoxy) is 1. The summed E-state index contributed by atoms with van der Waals surface area (Å²) in [7, 11) is -3.47. The molecule has 1 aromatic carbocycles. The van der Waals surface area contributed by atoms with Gasteiger partial charge in [0.2, 0.25) is 10.0 Å². The van der Waals surface area contributed by atoms with Gasteiger partial charge in [-0.15, -0.1) is 0 Å². The lowest BCUT2D eigenvalue weighted by Crippen LogP contribution is -2.42. The fraction of sp³-hybridized carbons (Fsp3) is 0.667. The van der Waals surface area contributed by atoms with Crippen LogP contribution in [0.1, 0.15) is 46.5 Å². The molecular formula is C18H28BrNO3S. The van der Waals surface area contributed by atoms with E-state index in [1.165, 1.54) is 0 Å². The van der Waals surface area contributed by atoms with Crippen molar-refractivity contribution in [3.8, 4) is 5.75 Å². The summed E-state index contributed by atoms with van der Waals surface area (Å²) in [5, 5.41) is 0. The summed E-state index contributed by atoms with van der Waals surface area (Å²) in [5.41, 5.74) is 0. The Balaban J connectivity index is 2.17. The molecule has 0 N–H and O–H groups in total. The Labute approximate surface area is 154 Å². The molecule has 136 valence electrons. The van der Waals surface area contributed by atoms with Crippen LogP contribution < -0.4 is 4.74 Å². The third kappa shape index (κ3) is 4.96. The molecule has 1 fully saturated rings. The Morgan fingerprint density at radius 3 is 2.50 bits per heavy atom. The van der Waals surface area contributed by atoms with Gasteiger partial charge >= 0.3 is 0 Å². The molecule has 2 atom stereocenters. The number of hydrogen-bond acceptors (Lipinski definition) is 3. The molecule has 6 heteroatoms. The summed E-state index contributed by atoms with van der Waals surface area (Å²) in [6.07, 6.45) is 4.29. The zero-order valence-electron chi connectivity index (χ0n) is 14.8. The number of sulfonamides is 1. The molecule has 1 saturated heterocycles. The second-order valence-corrected chi connectivity index (χ2v) is 9.71. The first-order valence-electron chi connectivity index (χ1n) is 8.77. The third-order valence-corrected chi connectivity index (χ3v) is 6.86. The summed E-state index contributed by atoms with van der Waals surface area (Å²) in [4.78, 5) is 0.317. The van der Waals surface area contributed by atoms with E-state index in [0.717, 1.165) is 30.2 Å². The maximum absolute atomic E-state index is 13.0. The molecule has 1 aliphatic heterocycles. The van der Waals surface area contributed by atoms with E-state index < -0.39 is 10.0 Å². The molecule has 0 spiro atoms. The number of rotatable bonds is 7. The molecular weight excluding hydrogens is 390 g/mol. The van der Waals surface area contributed by atoms with Crippen LogP contribution in [-0.4, -0.2) is 32.4 Å². The van der Waals surface area contributed by atoms with Crippen LogP contribution in [0.25, 0.3) is 0 Å². The van der Waals surface area contributed by atoms with Gasteiger partial charge in [0.15, 0.2) is 0 Å². The van der Waals surface area contributed by atoms with Crippen molar-refractivity contribution in [2.75, 3.05) is 19.7 Å². The van der Waals surface area contributed by atoms with Gasteiger partial charge in [-0.3, -0.25) is 0 Å². The number of hydrogen-bond donors (Lipinski definition) is 0. The van der Waals surface area contributed by atoms with E-state index >= 15 is 0 Å². The monoisotopic (exact) mass is 417 g/mol. The Kier molecular flexibility index (Phi) is 7.13. The molecule has 0 aromatic heterocycles. The van der Waals surface area contributed by atoms with Crippen molar-refractivity contribution in [2.45, 2.75) is 51.3 Å². The van der Waals surface area contributed by atoms with Crippen LogP contribution in [-0.2, 0) is 10.0 Å². The van der Waals surface area contributed by atoms with E-state index in [2.05, 4.69) is 36.7 Å². The predicted molar refractivity (Wildman–Crippen MR) is 101 cm³/mol. The summed E-state index contributed by atoms with van der Waals surface area (Å²) < 4.78 is 34.1. The normalized spacial score (nSPS) is 22.5. The first-order chi connectivity index (χ1) is 11.3. The molecule has 24 heavy (non-hydrogen) atoms. The van der Waals surface area contributed by atoms with Crippen LogP contribution in [0.2, 0.25) is 0 Å². The van der Waals surface area contributed by atoms with Gasteiger partial charge in [-0.1, -0.05) is 33.6 Å². The Morgan fingerprint density at radius 1 is 1.21 bits per heavy atom. The Hall–Kier alpha value is -0.590. The zero-order chi connectivity index (χ0) is 17.7. The average molecular weight is 418 g/mol. The van der Waals surface area contributed by atoms with Gasteiger partial charge in [0, 0.05) is 19.2 Å². The number of nitrogens with zero attached hydrogens (tertiary/aromatic N) is 1. The van der Waals surface area contributed by atoms with Gasteiger partial charge in [0.1, 0.15) is 5.75 Å². The van der Waals surface area contributed by atoms with Gasteiger partial charge in [-0.2, -0.15) is 4.31 Å². The van der Waals surface area contributed by atoms with E-state index in [9.17, 15) is 8.42 Å². The molecule has 0 aliphatic carbocycles. The lowest BCUT2D eigenvalue weighted by Gasteiger charge is -2.34. The van der Waals surface area contributed by atoms with E-state index in [1.54, 1.807) is 22.5 Å². The highest BCUT2D eigenvalue weighted by molar-refractivity contribution is 9.10. The van der Waals surface area contributed by atoms with E-state index in [1.807, 2.05) is 0 Å². The van der Waals surface area contributed by atoms with Crippen LogP contribution in [0.5, 0.6) is 5.75 Å². The van der Waals surface area contributed by atoms with Gasteiger partial charge in [-0.05, 0) is 52.7 Å². The smallest absolute Gasteiger partial charge is 0.243 e. The van der Waals surface area contributed by atoms with Crippen LogP contribution in [0.4, 0.5) is 0 Å². The molecule has 0 radical (unpaired) electrons. The minimum Gasteiger partial charge on any atom is -0.492 e. The van der Waals surface area contributed by atoms with Crippen molar-refractivity contribution < 1.29 is 13.2 Å². The van der Waals surface area contributed by atoms with E-state index in [-0.39, 0.29) is 0 Å². The number of benzene rings is 1. The maximum Gasteiger partial charge on any atom is 0.243 e. The van der Waals surface area contributed by atoms with Gasteiger partial charge < -0.3 is 4.74 Å². The standard InChI is InChI=1S/C18H28BrNO3S/c1-4-5-6-9-23-18-11-16(7-8-17(18)19)24(21,22)20-12-14(2)10-15(3)13-20/h7-8,11,14-15H,4-6,9-10,12-13H2,1-3H3/t14-,15-/m1/s1. The minimum atomic E-state index is -3.47. The highest BCUT2D eigenvalue weighted by Crippen LogP contribution is 2.32. The van der Waals surface area contributed by atoms with Gasteiger partial charge in [0.05, 0.1) is 16.0 Å². The SMILES string of the molecule is CCCCCOc1cc(S(=O)(=O)N2C[C@H](C)C[C@@H](C)C2)ccc1Br. The third-order valence-electron chi connectivity index (χ3n) is 4.38. The van der Waals surface area contributed by atoms with Crippen molar-refractivity contribution in [2.24, 2.45) is 11.8 Å². The van der Waals surface area contributed by atoms with Crippen molar-refractivity contribution >= 4 is 26.0 Å². The number of piperidine rings is 1. The molecule has 2 rings (SSSR count). The first-order valence-corrected chi connectivity index (χ1v) is 11.0. The highest BCUT2D eigenvalue weighted by Gasteiger charge is 2.32. The van der Waals surface area contributed by atoms with Crippen molar-refractivity contribution in [1.29, 1.82) is 0 Å². The van der Waals surface area contributed by atoms with Crippen LogP contribution >= 0.6 is 15.9 Å². The maximum atomic E-state index is 13.0. The van der Waals surface area contributed by atoms with Crippen LogP contribution in [0.3, 0.4) is 0 Å². The highest BCUT2D eigenvalue weighted by atomic mass is 79.9. The quantitative estimate of drug-likeness (QED) is 0.604. The van der Waals surface area contributed by atoms with Crippen LogP contribution in [0.15, 0.2) is 27.6 Å². The fourth-order valence-electron chi connectivity index (χ4n) is 3.24. The molecule has 0 bridgehead atoms. The van der Waals surface area contributed by atoms with Crippen molar-refractivity contribution in [3.05, 3.63) is 22.7 Å². The lowest BCUT2D eigenvalue weighted by atomic mass is 9.94. The largest absolute Gasteiger partial charge is 0.492 e. The molecule has 1 heterocycles. The van der Waals surface area contributed by atoms with Crippen LogP contribution in [0, 0.1) is 11.8 Å². The Morgan fingerprint density at radius 2 is 1.88 bits per heavy atom. The summed E-state index contributed by atoms with van der Waals surface area (Å²) >= 11 is 3.45. The van der Waals surface area contributed by atoms with E-state index in [4.69, 9.17) is 4.74 Å². The van der Waals surface area contributed by atoms with Gasteiger partial charge in [-0.25, -0.2) is 8.42 Å². The molecule has 1 aromatic rings. The van der Waals surface area contributed by atoms with Crippen molar-refractivity contribution in [1.82, 2.24) is 4.31 Å². The molecule has 0 saturated carbocycles. The zero-order valence-corrected chi connectivity index (χ0v) is 17.2. The lowest BCUT2D eigenvalue weighted by molar-refractivity contribution is 0.222. The topological polar surface area (TPSA) is 46.6 Å². The first kappa shape index (κ1) is 19.7. The molecule has 0 unspecified atom stereocenters. The second kappa shape index (κ2) is 8.68. The summed E-state index contributed by atoms with van der Waals surface area (Å²) in [5.74, 6) is 1.39. The van der Waals surface area contributed by atoms with Crippen molar-refractivity contribution in [3.63, 3.8) is 0 Å². The second-order valence-electron chi connectivity index (χ2n) is 6.92.